The van der Waals surface area contributed by atoms with E-state index in [1.165, 1.54) is 18.3 Å². The van der Waals surface area contributed by atoms with Gasteiger partial charge in [0.05, 0.1) is 0 Å². The van der Waals surface area contributed by atoms with E-state index < -0.39 is 12.8 Å². The molecule has 0 aliphatic carbocycles. The van der Waals surface area contributed by atoms with Crippen LogP contribution in [0, 0.1) is 0 Å². The summed E-state index contributed by atoms with van der Waals surface area (Å²) in [4.78, 5) is 3.83. The fourth-order valence-corrected chi connectivity index (χ4v) is 0.803. The number of pyridine rings is 1. The summed E-state index contributed by atoms with van der Waals surface area (Å²) in [6.07, 6.45) is -2.94. The summed E-state index contributed by atoms with van der Waals surface area (Å²) in [5.74, 6) is 0.603. The number of alkyl halides is 3. The second kappa shape index (κ2) is 5.65. The van der Waals surface area contributed by atoms with Gasteiger partial charge in [-0.2, -0.15) is 13.2 Å². The maximum atomic E-state index is 11.8. The van der Waals surface area contributed by atoms with E-state index in [1.807, 2.05) is 0 Å². The molecule has 1 N–H and O–H groups in total. The minimum absolute atomic E-state index is 0. The van der Waals surface area contributed by atoms with Gasteiger partial charge in [-0.1, -0.05) is 0 Å². The molecule has 86 valence electrons. The second-order valence-corrected chi connectivity index (χ2v) is 2.53. The molecule has 1 heterocycles. The van der Waals surface area contributed by atoms with Crippen molar-refractivity contribution in [3.63, 3.8) is 0 Å². The van der Waals surface area contributed by atoms with E-state index in [0.29, 0.717) is 5.82 Å². The highest BCUT2D eigenvalue weighted by molar-refractivity contribution is 5.85. The molecule has 7 heteroatoms. The van der Waals surface area contributed by atoms with Crippen molar-refractivity contribution in [3.05, 3.63) is 18.3 Å². The largest absolute Gasteiger partial charge is 0.484 e. The van der Waals surface area contributed by atoms with Crippen LogP contribution in [0.5, 0.6) is 5.75 Å². The summed E-state index contributed by atoms with van der Waals surface area (Å²) in [5.41, 5.74) is 0. The number of nitrogens with one attached hydrogen (secondary N) is 1. The lowest BCUT2D eigenvalue weighted by Gasteiger charge is -2.09. The molecular weight excluding hydrogens is 233 g/mol. The molecule has 0 aliphatic rings. The Morgan fingerprint density at radius 1 is 1.47 bits per heavy atom. The molecule has 0 fully saturated rings. The molecule has 0 amide bonds. The van der Waals surface area contributed by atoms with E-state index in [0.717, 1.165) is 0 Å². The summed E-state index contributed by atoms with van der Waals surface area (Å²) in [6, 6.07) is 2.76. The number of hydrogen-bond donors (Lipinski definition) is 1. The molecule has 0 bridgehead atoms. The van der Waals surface area contributed by atoms with Crippen LogP contribution in [0.1, 0.15) is 0 Å². The normalized spacial score (nSPS) is 10.4. The van der Waals surface area contributed by atoms with Crippen molar-refractivity contribution < 1.29 is 17.9 Å². The third kappa shape index (κ3) is 5.31. The van der Waals surface area contributed by atoms with Crippen LogP contribution in [-0.4, -0.2) is 24.8 Å². The number of anilines is 1. The predicted octanol–water partition coefficient (Wildman–Crippen LogP) is 2.49. The zero-order valence-corrected chi connectivity index (χ0v) is 8.65. The Morgan fingerprint density at radius 2 is 2.13 bits per heavy atom. The van der Waals surface area contributed by atoms with Crippen molar-refractivity contribution in [2.75, 3.05) is 19.0 Å². The minimum Gasteiger partial charge on any atom is -0.484 e. The van der Waals surface area contributed by atoms with Gasteiger partial charge in [0.1, 0.15) is 11.6 Å². The molecular formula is C8H10ClF3N2O. The van der Waals surface area contributed by atoms with Crippen molar-refractivity contribution in [2.24, 2.45) is 0 Å². The third-order valence-corrected chi connectivity index (χ3v) is 1.39. The maximum absolute atomic E-state index is 11.8. The van der Waals surface area contributed by atoms with Crippen LogP contribution in [-0.2, 0) is 0 Å². The summed E-state index contributed by atoms with van der Waals surface area (Å²) in [7, 11) is 1.62. The van der Waals surface area contributed by atoms with Gasteiger partial charge in [0, 0.05) is 19.3 Å². The van der Waals surface area contributed by atoms with Gasteiger partial charge in [-0.15, -0.1) is 12.4 Å². The maximum Gasteiger partial charge on any atom is 0.422 e. The number of aromatic nitrogens is 1. The zero-order chi connectivity index (χ0) is 10.6. The highest BCUT2D eigenvalue weighted by Gasteiger charge is 2.28. The molecule has 1 rings (SSSR count). The summed E-state index contributed by atoms with van der Waals surface area (Å²) < 4.78 is 39.8. The van der Waals surface area contributed by atoms with Crippen LogP contribution in [0.25, 0.3) is 0 Å². The summed E-state index contributed by atoms with van der Waals surface area (Å²) in [5, 5.41) is 2.69. The average molecular weight is 243 g/mol. The second-order valence-electron chi connectivity index (χ2n) is 2.53. The van der Waals surface area contributed by atoms with Gasteiger partial charge in [-0.3, -0.25) is 0 Å². The van der Waals surface area contributed by atoms with Crippen LogP contribution in [0.15, 0.2) is 18.3 Å². The molecule has 1 aromatic rings. The van der Waals surface area contributed by atoms with Crippen molar-refractivity contribution in [1.82, 2.24) is 4.98 Å². The summed E-state index contributed by atoms with van der Waals surface area (Å²) >= 11 is 0. The van der Waals surface area contributed by atoms with Gasteiger partial charge < -0.3 is 10.1 Å². The van der Waals surface area contributed by atoms with Gasteiger partial charge in [0.15, 0.2) is 6.61 Å². The van der Waals surface area contributed by atoms with E-state index in [-0.39, 0.29) is 18.2 Å². The third-order valence-electron chi connectivity index (χ3n) is 1.39. The molecule has 0 aliphatic heterocycles. The van der Waals surface area contributed by atoms with E-state index in [2.05, 4.69) is 15.0 Å². The fourth-order valence-electron chi connectivity index (χ4n) is 0.803. The van der Waals surface area contributed by atoms with Gasteiger partial charge in [0.25, 0.3) is 0 Å². The Bertz CT molecular complexity index is 306. The highest BCUT2D eigenvalue weighted by Crippen LogP contribution is 2.19. The Hall–Kier alpha value is -1.17. The Labute approximate surface area is 91.1 Å². The van der Waals surface area contributed by atoms with Crippen molar-refractivity contribution >= 4 is 18.2 Å². The molecule has 0 saturated carbocycles. The van der Waals surface area contributed by atoms with Crippen LogP contribution in [0.2, 0.25) is 0 Å². The quantitative estimate of drug-likeness (QED) is 0.884. The van der Waals surface area contributed by atoms with Crippen LogP contribution >= 0.6 is 12.4 Å². The van der Waals surface area contributed by atoms with Crippen molar-refractivity contribution in [3.8, 4) is 5.75 Å². The number of halogens is 4. The molecule has 0 atom stereocenters. The first-order chi connectivity index (χ1) is 6.51. The van der Waals surface area contributed by atoms with Gasteiger partial charge >= 0.3 is 6.18 Å². The first kappa shape index (κ1) is 13.8. The monoisotopic (exact) mass is 242 g/mol. The molecule has 0 saturated heterocycles. The van der Waals surface area contributed by atoms with Gasteiger partial charge in [0.2, 0.25) is 0 Å². The first-order valence-electron chi connectivity index (χ1n) is 3.84. The van der Waals surface area contributed by atoms with E-state index in [4.69, 9.17) is 0 Å². The lowest BCUT2D eigenvalue weighted by atomic mass is 10.4. The van der Waals surface area contributed by atoms with E-state index in [1.54, 1.807) is 7.05 Å². The molecule has 3 nitrogen and oxygen atoms in total. The lowest BCUT2D eigenvalue weighted by molar-refractivity contribution is -0.153. The molecule has 0 unspecified atom stereocenters. The van der Waals surface area contributed by atoms with E-state index in [9.17, 15) is 13.2 Å². The topological polar surface area (TPSA) is 34.1 Å². The van der Waals surface area contributed by atoms with Crippen LogP contribution < -0.4 is 10.1 Å². The zero-order valence-electron chi connectivity index (χ0n) is 7.84. The fraction of sp³-hybridized carbons (Fsp3) is 0.375. The highest BCUT2D eigenvalue weighted by atomic mass is 35.5. The number of rotatable bonds is 3. The van der Waals surface area contributed by atoms with Gasteiger partial charge in [-0.05, 0) is 6.07 Å². The van der Waals surface area contributed by atoms with Crippen LogP contribution in [0.3, 0.4) is 0 Å². The standard InChI is InChI=1S/C8H9F3N2O.ClH/c1-12-7-4-6(2-3-13-7)14-5-8(9,10)11;/h2-4H,5H2,1H3,(H,12,13);1H. The molecule has 15 heavy (non-hydrogen) atoms. The lowest BCUT2D eigenvalue weighted by Crippen LogP contribution is -2.19. The summed E-state index contributed by atoms with van der Waals surface area (Å²) in [6.45, 7) is -1.29. The van der Waals surface area contributed by atoms with Crippen LogP contribution in [0.4, 0.5) is 19.0 Å². The smallest absolute Gasteiger partial charge is 0.422 e. The SMILES string of the molecule is CNc1cc(OCC(F)(F)F)ccn1.Cl. The number of ether oxygens (including phenoxy) is 1. The predicted molar refractivity (Wildman–Crippen MR) is 52.6 cm³/mol. The Kier molecular flexibility index (Phi) is 5.21. The molecule has 0 aromatic carbocycles. The Morgan fingerprint density at radius 3 is 2.67 bits per heavy atom. The van der Waals surface area contributed by atoms with Gasteiger partial charge in [-0.25, -0.2) is 4.98 Å². The Balaban J connectivity index is 0.00000196. The van der Waals surface area contributed by atoms with Crippen molar-refractivity contribution in [1.29, 1.82) is 0 Å². The first-order valence-corrected chi connectivity index (χ1v) is 3.84. The number of nitrogens with zero attached hydrogens (tertiary/aromatic N) is 1. The minimum atomic E-state index is -4.32. The molecule has 0 radical (unpaired) electrons. The molecule has 1 aromatic heterocycles. The molecule has 0 spiro atoms. The van der Waals surface area contributed by atoms with Crippen molar-refractivity contribution in [2.45, 2.75) is 6.18 Å². The van der Waals surface area contributed by atoms with E-state index >= 15 is 0 Å². The average Bonchev–Trinajstić information content (AvgIpc) is 2.14. The number of hydrogen-bond acceptors (Lipinski definition) is 3.